The molecule has 0 spiro atoms. The summed E-state index contributed by atoms with van der Waals surface area (Å²) in [5.41, 5.74) is 2.30. The van der Waals surface area contributed by atoms with Crippen molar-refractivity contribution >= 4 is 0 Å². The van der Waals surface area contributed by atoms with Crippen LogP contribution in [-0.4, -0.2) is 10.2 Å². The van der Waals surface area contributed by atoms with Gasteiger partial charge in [-0.05, 0) is 42.9 Å². The molecule has 2 aromatic rings. The molecule has 2 nitrogen and oxygen atoms in total. The van der Waals surface area contributed by atoms with E-state index in [4.69, 9.17) is 0 Å². The first-order valence-corrected chi connectivity index (χ1v) is 8.81. The molecular formula is C21H28O2. The third kappa shape index (κ3) is 6.35. The lowest BCUT2D eigenvalue weighted by Crippen LogP contribution is -1.88. The number of hydrogen-bond acceptors (Lipinski definition) is 2. The highest BCUT2D eigenvalue weighted by molar-refractivity contribution is 5.44. The number of aromatic hydroxyl groups is 2. The Morgan fingerprint density at radius 2 is 1.17 bits per heavy atom. The van der Waals surface area contributed by atoms with Crippen LogP contribution in [0.2, 0.25) is 0 Å². The van der Waals surface area contributed by atoms with Crippen molar-refractivity contribution in [1.29, 1.82) is 0 Å². The van der Waals surface area contributed by atoms with Crippen LogP contribution in [0.5, 0.6) is 11.5 Å². The molecule has 0 saturated heterocycles. The zero-order valence-corrected chi connectivity index (χ0v) is 13.9. The Hall–Kier alpha value is -1.96. The lowest BCUT2D eigenvalue weighted by Gasteiger charge is -2.06. The normalized spacial score (nSPS) is 10.8. The average Bonchev–Trinajstić information content (AvgIpc) is 2.58. The Bertz CT molecular complexity index is 563. The second-order valence-corrected chi connectivity index (χ2v) is 6.25. The van der Waals surface area contributed by atoms with Gasteiger partial charge in [-0.25, -0.2) is 0 Å². The van der Waals surface area contributed by atoms with Crippen LogP contribution in [0.1, 0.15) is 56.1 Å². The zero-order chi connectivity index (χ0) is 16.3. The summed E-state index contributed by atoms with van der Waals surface area (Å²) in [4.78, 5) is 0. The molecule has 2 rings (SSSR count). The molecule has 0 bridgehead atoms. The van der Waals surface area contributed by atoms with Crippen molar-refractivity contribution in [2.75, 3.05) is 0 Å². The molecular weight excluding hydrogens is 284 g/mol. The summed E-state index contributed by atoms with van der Waals surface area (Å²) in [5, 5.41) is 19.2. The Labute approximate surface area is 139 Å². The van der Waals surface area contributed by atoms with Crippen LogP contribution >= 0.6 is 0 Å². The minimum atomic E-state index is -0.0130. The molecule has 0 aliphatic heterocycles. The van der Waals surface area contributed by atoms with Gasteiger partial charge in [0.2, 0.25) is 0 Å². The molecule has 23 heavy (non-hydrogen) atoms. The van der Waals surface area contributed by atoms with Gasteiger partial charge in [-0.1, -0.05) is 74.6 Å². The molecule has 0 saturated carbocycles. The number of benzene rings is 2. The third-order valence-electron chi connectivity index (χ3n) is 4.35. The van der Waals surface area contributed by atoms with Gasteiger partial charge in [-0.3, -0.25) is 0 Å². The van der Waals surface area contributed by atoms with Gasteiger partial charge in [-0.2, -0.15) is 0 Å². The van der Waals surface area contributed by atoms with Gasteiger partial charge in [-0.15, -0.1) is 0 Å². The Morgan fingerprint density at radius 3 is 1.87 bits per heavy atom. The van der Waals surface area contributed by atoms with E-state index >= 15 is 0 Å². The van der Waals surface area contributed by atoms with Gasteiger partial charge in [0.1, 0.15) is 0 Å². The molecule has 0 aliphatic rings. The fourth-order valence-corrected chi connectivity index (χ4v) is 2.95. The quantitative estimate of drug-likeness (QED) is 0.442. The third-order valence-corrected chi connectivity index (χ3v) is 4.35. The second kappa shape index (κ2) is 9.94. The van der Waals surface area contributed by atoms with E-state index in [-0.39, 0.29) is 11.5 Å². The van der Waals surface area contributed by atoms with Crippen LogP contribution in [0.3, 0.4) is 0 Å². The van der Waals surface area contributed by atoms with Gasteiger partial charge >= 0.3 is 0 Å². The molecule has 0 aliphatic carbocycles. The van der Waals surface area contributed by atoms with Crippen LogP contribution in [0.25, 0.3) is 0 Å². The van der Waals surface area contributed by atoms with E-state index in [2.05, 4.69) is 30.3 Å². The molecule has 2 aromatic carbocycles. The first-order chi connectivity index (χ1) is 11.3. The maximum absolute atomic E-state index is 9.74. The first-order valence-electron chi connectivity index (χ1n) is 8.81. The summed E-state index contributed by atoms with van der Waals surface area (Å²) in [6.45, 7) is 0. The van der Waals surface area contributed by atoms with Crippen LogP contribution in [0, 0.1) is 0 Å². The Balaban J connectivity index is 1.47. The summed E-state index contributed by atoms with van der Waals surface area (Å²) < 4.78 is 0. The van der Waals surface area contributed by atoms with E-state index < -0.39 is 0 Å². The smallest absolute Gasteiger partial charge is 0.160 e. The van der Waals surface area contributed by atoms with Gasteiger partial charge in [0.15, 0.2) is 11.5 Å². The maximum atomic E-state index is 9.74. The van der Waals surface area contributed by atoms with Gasteiger partial charge in [0, 0.05) is 0 Å². The lowest BCUT2D eigenvalue weighted by atomic mass is 10.0. The molecule has 0 atom stereocenters. The predicted molar refractivity (Wildman–Crippen MR) is 95.9 cm³/mol. The van der Waals surface area contributed by atoms with Crippen LogP contribution in [0.4, 0.5) is 0 Å². The molecule has 0 aromatic heterocycles. The molecule has 0 unspecified atom stereocenters. The fourth-order valence-electron chi connectivity index (χ4n) is 2.95. The topological polar surface area (TPSA) is 40.5 Å². The van der Waals surface area contributed by atoms with E-state index in [1.807, 2.05) is 6.07 Å². The lowest BCUT2D eigenvalue weighted by molar-refractivity contribution is 0.398. The number of hydrogen-bond donors (Lipinski definition) is 2. The summed E-state index contributed by atoms with van der Waals surface area (Å²) >= 11 is 0. The van der Waals surface area contributed by atoms with Crippen molar-refractivity contribution in [3.8, 4) is 11.5 Å². The molecule has 0 radical (unpaired) electrons. The van der Waals surface area contributed by atoms with Crippen LogP contribution in [0.15, 0.2) is 48.5 Å². The van der Waals surface area contributed by atoms with Crippen LogP contribution in [-0.2, 0) is 12.8 Å². The minimum Gasteiger partial charge on any atom is -0.504 e. The monoisotopic (exact) mass is 312 g/mol. The number of phenols is 2. The van der Waals surface area contributed by atoms with Crippen molar-refractivity contribution in [2.45, 2.75) is 57.8 Å². The van der Waals surface area contributed by atoms with Crippen molar-refractivity contribution in [1.82, 2.24) is 0 Å². The molecule has 0 amide bonds. The summed E-state index contributed by atoms with van der Waals surface area (Å²) in [6.07, 6.45) is 10.7. The SMILES string of the molecule is Oc1cccc(CCCCCCCCCc2ccccc2)c1O. The summed E-state index contributed by atoms with van der Waals surface area (Å²) in [6, 6.07) is 15.9. The summed E-state index contributed by atoms with van der Waals surface area (Å²) in [7, 11) is 0. The highest BCUT2D eigenvalue weighted by Crippen LogP contribution is 2.29. The molecule has 0 heterocycles. The maximum Gasteiger partial charge on any atom is 0.160 e. The average molecular weight is 312 g/mol. The highest BCUT2D eigenvalue weighted by Gasteiger charge is 2.04. The highest BCUT2D eigenvalue weighted by atomic mass is 16.3. The second-order valence-electron chi connectivity index (χ2n) is 6.25. The number of unbranched alkanes of at least 4 members (excludes halogenated alkanes) is 6. The van der Waals surface area contributed by atoms with Gasteiger partial charge in [0.25, 0.3) is 0 Å². The van der Waals surface area contributed by atoms with Gasteiger partial charge in [0.05, 0.1) is 0 Å². The fraction of sp³-hybridized carbons (Fsp3) is 0.429. The van der Waals surface area contributed by atoms with E-state index in [1.54, 1.807) is 6.07 Å². The van der Waals surface area contributed by atoms with Crippen molar-refractivity contribution in [2.24, 2.45) is 0 Å². The van der Waals surface area contributed by atoms with Crippen molar-refractivity contribution in [3.63, 3.8) is 0 Å². The van der Waals surface area contributed by atoms with Crippen molar-refractivity contribution < 1.29 is 10.2 Å². The molecule has 2 N–H and O–H groups in total. The first kappa shape index (κ1) is 17.4. The van der Waals surface area contributed by atoms with Crippen molar-refractivity contribution in [3.05, 3.63) is 59.7 Å². The number of aryl methyl sites for hydroxylation is 2. The number of phenolic OH excluding ortho intramolecular Hbond substituents is 2. The molecule has 0 fully saturated rings. The molecule has 2 heteroatoms. The number of rotatable bonds is 10. The Morgan fingerprint density at radius 1 is 0.565 bits per heavy atom. The number of para-hydroxylation sites is 1. The molecule has 124 valence electrons. The summed E-state index contributed by atoms with van der Waals surface area (Å²) in [5.74, 6) is 0.0364. The van der Waals surface area contributed by atoms with E-state index in [0.717, 1.165) is 18.4 Å². The van der Waals surface area contributed by atoms with Gasteiger partial charge < -0.3 is 10.2 Å². The standard InChI is InChI=1S/C21H28O2/c22-20-17-11-16-19(21(20)23)15-10-5-3-1-2-4-7-12-18-13-8-6-9-14-18/h6,8-9,11,13-14,16-17,22-23H,1-5,7,10,12,15H2. The van der Waals surface area contributed by atoms with E-state index in [1.165, 1.54) is 56.6 Å². The Kier molecular flexibility index (Phi) is 7.51. The zero-order valence-electron chi connectivity index (χ0n) is 13.9. The predicted octanol–water partition coefficient (Wildman–Crippen LogP) is 5.61. The van der Waals surface area contributed by atoms with E-state index in [9.17, 15) is 10.2 Å². The van der Waals surface area contributed by atoms with Crippen LogP contribution < -0.4 is 0 Å². The van der Waals surface area contributed by atoms with E-state index in [0.29, 0.717) is 0 Å². The largest absolute Gasteiger partial charge is 0.504 e. The minimum absolute atomic E-state index is 0.0130.